The van der Waals surface area contributed by atoms with Crippen LogP contribution in [0.2, 0.25) is 0 Å². The van der Waals surface area contributed by atoms with E-state index >= 15 is 0 Å². The zero-order valence-electron chi connectivity index (χ0n) is 15.9. The van der Waals surface area contributed by atoms with Gasteiger partial charge in [-0.2, -0.15) is 0 Å². The Morgan fingerprint density at radius 1 is 1.11 bits per heavy atom. The second-order valence-corrected chi connectivity index (χ2v) is 8.45. The molecule has 0 radical (unpaired) electrons. The monoisotopic (exact) mass is 392 g/mol. The van der Waals surface area contributed by atoms with Crippen molar-refractivity contribution < 1.29 is 9.90 Å². The molecule has 1 aliphatic heterocycles. The molecule has 1 heterocycles. The predicted octanol–water partition coefficient (Wildman–Crippen LogP) is 5.57. The van der Waals surface area contributed by atoms with Crippen molar-refractivity contribution in [1.29, 1.82) is 0 Å². The SMILES string of the molecule is C[C@@H]1CCCC[C@@H]1N1C(=O)/C(=C/c2cccc(O)c2)SC1=Nc1ccccc1. The lowest BCUT2D eigenvalue weighted by Crippen LogP contribution is -2.44. The molecule has 0 spiro atoms. The highest BCUT2D eigenvalue weighted by atomic mass is 32.2. The lowest BCUT2D eigenvalue weighted by Gasteiger charge is -2.35. The zero-order valence-corrected chi connectivity index (χ0v) is 16.7. The van der Waals surface area contributed by atoms with Crippen LogP contribution in [-0.4, -0.2) is 27.1 Å². The molecule has 1 saturated heterocycles. The molecule has 1 aliphatic carbocycles. The van der Waals surface area contributed by atoms with Gasteiger partial charge in [-0.1, -0.05) is 50.1 Å². The molecule has 2 aromatic rings. The maximum absolute atomic E-state index is 13.3. The molecule has 1 N–H and O–H groups in total. The number of aromatic hydroxyl groups is 1. The molecule has 2 fully saturated rings. The summed E-state index contributed by atoms with van der Waals surface area (Å²) >= 11 is 1.42. The highest BCUT2D eigenvalue weighted by Gasteiger charge is 2.41. The molecule has 0 unspecified atom stereocenters. The summed E-state index contributed by atoms with van der Waals surface area (Å²) in [6.07, 6.45) is 6.38. The van der Waals surface area contributed by atoms with Gasteiger partial charge in [-0.15, -0.1) is 0 Å². The van der Waals surface area contributed by atoms with Gasteiger partial charge in [0.05, 0.1) is 10.6 Å². The number of hydrogen-bond donors (Lipinski definition) is 1. The van der Waals surface area contributed by atoms with Crippen LogP contribution in [0, 0.1) is 5.92 Å². The number of carbonyl (C=O) groups excluding carboxylic acids is 1. The van der Waals surface area contributed by atoms with Gasteiger partial charge in [0.2, 0.25) is 0 Å². The van der Waals surface area contributed by atoms with Gasteiger partial charge < -0.3 is 5.11 Å². The van der Waals surface area contributed by atoms with Gasteiger partial charge in [-0.3, -0.25) is 9.69 Å². The lowest BCUT2D eigenvalue weighted by molar-refractivity contribution is -0.124. The largest absolute Gasteiger partial charge is 0.508 e. The van der Waals surface area contributed by atoms with E-state index in [0.717, 1.165) is 35.7 Å². The fourth-order valence-electron chi connectivity index (χ4n) is 3.92. The van der Waals surface area contributed by atoms with Crippen LogP contribution >= 0.6 is 11.8 Å². The van der Waals surface area contributed by atoms with Gasteiger partial charge in [0, 0.05) is 6.04 Å². The molecule has 28 heavy (non-hydrogen) atoms. The Balaban J connectivity index is 1.72. The number of rotatable bonds is 3. The van der Waals surface area contributed by atoms with Gasteiger partial charge in [-0.25, -0.2) is 4.99 Å². The van der Waals surface area contributed by atoms with Crippen molar-refractivity contribution in [3.05, 3.63) is 65.1 Å². The van der Waals surface area contributed by atoms with E-state index in [4.69, 9.17) is 4.99 Å². The average Bonchev–Trinajstić information content (AvgIpc) is 2.98. The van der Waals surface area contributed by atoms with Crippen molar-refractivity contribution in [2.24, 2.45) is 10.9 Å². The van der Waals surface area contributed by atoms with Gasteiger partial charge in [0.15, 0.2) is 5.17 Å². The molecule has 2 aliphatic rings. The fourth-order valence-corrected chi connectivity index (χ4v) is 4.96. The topological polar surface area (TPSA) is 52.9 Å². The quantitative estimate of drug-likeness (QED) is 0.694. The minimum atomic E-state index is 0.0155. The number of phenols is 1. The number of nitrogens with zero attached hydrogens (tertiary/aromatic N) is 2. The molecule has 2 atom stereocenters. The van der Waals surface area contributed by atoms with Crippen molar-refractivity contribution >= 4 is 34.6 Å². The van der Waals surface area contributed by atoms with Crippen molar-refractivity contribution in [3.8, 4) is 5.75 Å². The van der Waals surface area contributed by atoms with Crippen LogP contribution in [0.25, 0.3) is 6.08 Å². The minimum absolute atomic E-state index is 0.0155. The molecule has 0 bridgehead atoms. The van der Waals surface area contributed by atoms with E-state index in [9.17, 15) is 9.90 Å². The van der Waals surface area contributed by atoms with Gasteiger partial charge in [0.1, 0.15) is 5.75 Å². The lowest BCUT2D eigenvalue weighted by atomic mass is 9.85. The summed E-state index contributed by atoms with van der Waals surface area (Å²) in [7, 11) is 0. The van der Waals surface area contributed by atoms with Crippen molar-refractivity contribution in [1.82, 2.24) is 4.90 Å². The molecular formula is C23H24N2O2S. The first-order valence-corrected chi connectivity index (χ1v) is 10.6. The molecule has 4 rings (SSSR count). The molecular weight excluding hydrogens is 368 g/mol. The maximum Gasteiger partial charge on any atom is 0.267 e. The van der Waals surface area contributed by atoms with Crippen LogP contribution in [0.1, 0.15) is 38.2 Å². The first-order valence-electron chi connectivity index (χ1n) is 9.78. The van der Waals surface area contributed by atoms with E-state index in [1.54, 1.807) is 18.2 Å². The molecule has 4 nitrogen and oxygen atoms in total. The number of aliphatic imine (C=N–C) groups is 1. The molecule has 5 heteroatoms. The van der Waals surface area contributed by atoms with E-state index in [0.29, 0.717) is 10.8 Å². The van der Waals surface area contributed by atoms with E-state index in [-0.39, 0.29) is 17.7 Å². The Hall–Kier alpha value is -2.53. The third kappa shape index (κ3) is 3.99. The number of phenolic OH excluding ortho intramolecular Hbond substituents is 1. The predicted molar refractivity (Wildman–Crippen MR) is 115 cm³/mol. The fraction of sp³-hybridized carbons (Fsp3) is 0.304. The van der Waals surface area contributed by atoms with Crippen molar-refractivity contribution in [3.63, 3.8) is 0 Å². The number of amidine groups is 1. The molecule has 1 saturated carbocycles. The molecule has 2 aromatic carbocycles. The number of thioether (sulfide) groups is 1. The second kappa shape index (κ2) is 8.23. The summed E-state index contributed by atoms with van der Waals surface area (Å²) < 4.78 is 0. The smallest absolute Gasteiger partial charge is 0.267 e. The Bertz CT molecular complexity index is 923. The third-order valence-electron chi connectivity index (χ3n) is 5.38. The number of para-hydroxylation sites is 1. The summed E-state index contributed by atoms with van der Waals surface area (Å²) in [6.45, 7) is 2.23. The van der Waals surface area contributed by atoms with Crippen LogP contribution in [-0.2, 0) is 4.79 Å². The summed E-state index contributed by atoms with van der Waals surface area (Å²) in [5.41, 5.74) is 1.67. The van der Waals surface area contributed by atoms with Crippen LogP contribution in [0.3, 0.4) is 0 Å². The first kappa shape index (κ1) is 18.8. The Labute approximate surface area is 170 Å². The summed E-state index contributed by atoms with van der Waals surface area (Å²) in [4.78, 5) is 20.7. The Morgan fingerprint density at radius 2 is 1.89 bits per heavy atom. The van der Waals surface area contributed by atoms with E-state index in [1.165, 1.54) is 18.2 Å². The van der Waals surface area contributed by atoms with Gasteiger partial charge >= 0.3 is 0 Å². The Morgan fingerprint density at radius 3 is 2.64 bits per heavy atom. The van der Waals surface area contributed by atoms with Crippen LogP contribution in [0.4, 0.5) is 5.69 Å². The highest BCUT2D eigenvalue weighted by molar-refractivity contribution is 8.18. The average molecular weight is 393 g/mol. The summed E-state index contributed by atoms with van der Waals surface area (Å²) in [5.74, 6) is 0.668. The van der Waals surface area contributed by atoms with Gasteiger partial charge in [0.25, 0.3) is 5.91 Å². The maximum atomic E-state index is 13.3. The number of carbonyl (C=O) groups is 1. The summed E-state index contributed by atoms with van der Waals surface area (Å²) in [6, 6.07) is 16.9. The second-order valence-electron chi connectivity index (χ2n) is 7.44. The summed E-state index contributed by atoms with van der Waals surface area (Å²) in [5, 5.41) is 10.5. The van der Waals surface area contributed by atoms with Crippen LogP contribution < -0.4 is 0 Å². The number of benzene rings is 2. The minimum Gasteiger partial charge on any atom is -0.508 e. The standard InChI is InChI=1S/C23H24N2O2S/c1-16-8-5-6-13-20(16)25-22(27)21(15-17-9-7-12-19(26)14-17)28-23(25)24-18-10-3-2-4-11-18/h2-4,7,9-12,14-16,20,26H,5-6,8,13H2,1H3/b21-15-,24-23?/t16-,20+/m1/s1. The zero-order chi connectivity index (χ0) is 19.5. The first-order chi connectivity index (χ1) is 13.6. The third-order valence-corrected chi connectivity index (χ3v) is 6.37. The highest BCUT2D eigenvalue weighted by Crippen LogP contribution is 2.40. The normalized spacial score (nSPS) is 25.6. The van der Waals surface area contributed by atoms with E-state index in [2.05, 4.69) is 6.92 Å². The van der Waals surface area contributed by atoms with Gasteiger partial charge in [-0.05, 0) is 66.4 Å². The van der Waals surface area contributed by atoms with Crippen molar-refractivity contribution in [2.75, 3.05) is 0 Å². The van der Waals surface area contributed by atoms with Crippen LogP contribution in [0.5, 0.6) is 5.75 Å². The Kier molecular flexibility index (Phi) is 5.53. The van der Waals surface area contributed by atoms with Crippen LogP contribution in [0.15, 0.2) is 64.5 Å². The van der Waals surface area contributed by atoms with Crippen molar-refractivity contribution in [2.45, 2.75) is 38.6 Å². The molecule has 0 aromatic heterocycles. The van der Waals surface area contributed by atoms with E-state index in [1.807, 2.05) is 47.4 Å². The number of hydrogen-bond acceptors (Lipinski definition) is 4. The van der Waals surface area contributed by atoms with E-state index < -0.39 is 0 Å². The molecule has 144 valence electrons. The molecule has 1 amide bonds. The number of amides is 1.